The van der Waals surface area contributed by atoms with Crippen LogP contribution in [0.1, 0.15) is 29.3 Å². The van der Waals surface area contributed by atoms with Crippen LogP contribution < -0.4 is 14.9 Å². The van der Waals surface area contributed by atoms with Crippen LogP contribution >= 0.6 is 11.6 Å². The van der Waals surface area contributed by atoms with Gasteiger partial charge in [0, 0.05) is 47.0 Å². The molecule has 37 heavy (non-hydrogen) atoms. The zero-order valence-corrected chi connectivity index (χ0v) is 21.9. The third-order valence-corrected chi connectivity index (χ3v) is 8.63. The first-order valence-corrected chi connectivity index (χ1v) is 13.9. The van der Waals surface area contributed by atoms with Gasteiger partial charge in [0.25, 0.3) is 15.9 Å². The summed E-state index contributed by atoms with van der Waals surface area (Å²) in [6.45, 7) is 3.06. The Balaban J connectivity index is 1.19. The number of fused-ring (bicyclic) bond motifs is 2. The number of hydrogen-bond donors (Lipinski definition) is 2. The molecule has 1 aliphatic rings. The van der Waals surface area contributed by atoms with E-state index in [1.165, 1.54) is 4.31 Å². The number of benzene rings is 3. The molecule has 0 bridgehead atoms. The highest BCUT2D eigenvalue weighted by molar-refractivity contribution is 7.92. The summed E-state index contributed by atoms with van der Waals surface area (Å²) in [5.41, 5.74) is 3.80. The average molecular weight is 535 g/mol. The van der Waals surface area contributed by atoms with Gasteiger partial charge in [-0.15, -0.1) is 0 Å². The second kappa shape index (κ2) is 10.4. The third kappa shape index (κ3) is 5.12. The summed E-state index contributed by atoms with van der Waals surface area (Å²) in [5, 5.41) is 7.99. The summed E-state index contributed by atoms with van der Waals surface area (Å²) in [6.07, 6.45) is 3.02. The van der Waals surface area contributed by atoms with E-state index in [0.717, 1.165) is 28.6 Å². The molecule has 2 heterocycles. The molecule has 0 spiro atoms. The maximum absolute atomic E-state index is 13.3. The molecule has 1 aromatic heterocycles. The molecule has 1 atom stereocenters. The molecule has 1 amide bonds. The Hall–Kier alpha value is -3.62. The fraction of sp³-hybridized carbons (Fsp3) is 0.214. The third-order valence-electron chi connectivity index (χ3n) is 6.45. The van der Waals surface area contributed by atoms with Gasteiger partial charge in [-0.1, -0.05) is 29.8 Å². The standard InChI is InChI=1S/C28H27ClN4O3S/c1-19-16-21-17-20(8-11-27(21)33(19)37(35,36)23-6-3-2-4-7-23)28(34)32-14-5-13-30-25-12-15-31-26-18-22(29)9-10-24(25)26/h2-4,6-12,15,17-19H,5,13-14,16H2,1H3,(H,30,31)(H,32,34)/t19-/m0/s1. The van der Waals surface area contributed by atoms with Crippen molar-refractivity contribution in [2.45, 2.75) is 30.7 Å². The van der Waals surface area contributed by atoms with E-state index in [1.807, 2.05) is 31.2 Å². The summed E-state index contributed by atoms with van der Waals surface area (Å²) in [5.74, 6) is -0.177. The number of aromatic nitrogens is 1. The number of amides is 1. The van der Waals surface area contributed by atoms with Crippen molar-refractivity contribution in [1.29, 1.82) is 0 Å². The Morgan fingerprint density at radius 2 is 1.86 bits per heavy atom. The van der Waals surface area contributed by atoms with Crippen molar-refractivity contribution >= 4 is 49.8 Å². The second-order valence-corrected chi connectivity index (χ2v) is 11.3. The normalized spacial score (nSPS) is 15.0. The highest BCUT2D eigenvalue weighted by atomic mass is 35.5. The van der Waals surface area contributed by atoms with Gasteiger partial charge in [0.1, 0.15) is 0 Å². The van der Waals surface area contributed by atoms with Crippen molar-refractivity contribution in [3.63, 3.8) is 0 Å². The van der Waals surface area contributed by atoms with E-state index in [2.05, 4.69) is 15.6 Å². The van der Waals surface area contributed by atoms with Crippen molar-refractivity contribution in [2.75, 3.05) is 22.7 Å². The summed E-state index contributed by atoms with van der Waals surface area (Å²) < 4.78 is 28.0. The van der Waals surface area contributed by atoms with Crippen molar-refractivity contribution < 1.29 is 13.2 Å². The number of hydrogen-bond acceptors (Lipinski definition) is 5. The molecule has 5 rings (SSSR count). The van der Waals surface area contributed by atoms with Crippen molar-refractivity contribution in [3.05, 3.63) is 95.1 Å². The number of sulfonamides is 1. The fourth-order valence-corrected chi connectivity index (χ4v) is 6.59. The van der Waals surface area contributed by atoms with Crippen LogP contribution in [-0.4, -0.2) is 38.4 Å². The monoisotopic (exact) mass is 534 g/mol. The Kier molecular flexibility index (Phi) is 7.04. The number of halogens is 1. The fourth-order valence-electron chi connectivity index (χ4n) is 4.71. The van der Waals surface area contributed by atoms with Gasteiger partial charge >= 0.3 is 0 Å². The van der Waals surface area contributed by atoms with E-state index in [-0.39, 0.29) is 16.8 Å². The van der Waals surface area contributed by atoms with Crippen LogP contribution in [0.2, 0.25) is 5.02 Å². The lowest BCUT2D eigenvalue weighted by Gasteiger charge is -2.24. The predicted molar refractivity (Wildman–Crippen MR) is 148 cm³/mol. The summed E-state index contributed by atoms with van der Waals surface area (Å²) in [7, 11) is -3.68. The van der Waals surface area contributed by atoms with Gasteiger partial charge in [0.2, 0.25) is 0 Å². The first-order valence-electron chi connectivity index (χ1n) is 12.1. The maximum Gasteiger partial charge on any atom is 0.264 e. The molecule has 190 valence electrons. The topological polar surface area (TPSA) is 91.4 Å². The van der Waals surface area contributed by atoms with Gasteiger partial charge in [0.05, 0.1) is 16.1 Å². The number of anilines is 2. The minimum atomic E-state index is -3.68. The van der Waals surface area contributed by atoms with E-state index < -0.39 is 10.0 Å². The van der Waals surface area contributed by atoms with Gasteiger partial charge in [0.15, 0.2) is 0 Å². The lowest BCUT2D eigenvalue weighted by Crippen LogP contribution is -2.35. The van der Waals surface area contributed by atoms with E-state index in [9.17, 15) is 13.2 Å². The molecule has 9 heteroatoms. The van der Waals surface area contributed by atoms with Crippen molar-refractivity contribution in [3.8, 4) is 0 Å². The van der Waals surface area contributed by atoms with Gasteiger partial charge in [-0.2, -0.15) is 0 Å². The van der Waals surface area contributed by atoms with Crippen LogP contribution in [0.3, 0.4) is 0 Å². The Morgan fingerprint density at radius 3 is 2.68 bits per heavy atom. The molecule has 0 fully saturated rings. The van der Waals surface area contributed by atoms with E-state index >= 15 is 0 Å². The number of carbonyl (C=O) groups excluding carboxylic acids is 1. The molecule has 0 saturated heterocycles. The molecular weight excluding hydrogens is 508 g/mol. The molecule has 1 aliphatic heterocycles. The van der Waals surface area contributed by atoms with Gasteiger partial charge in [-0.25, -0.2) is 8.42 Å². The number of nitrogens with one attached hydrogen (secondary N) is 2. The van der Waals surface area contributed by atoms with E-state index in [0.29, 0.717) is 35.8 Å². The Bertz CT molecular complexity index is 1560. The predicted octanol–water partition coefficient (Wildman–Crippen LogP) is 5.26. The highest BCUT2D eigenvalue weighted by Crippen LogP contribution is 2.37. The SMILES string of the molecule is C[C@H]1Cc2cc(C(=O)NCCCNc3ccnc4cc(Cl)ccc34)ccc2N1S(=O)(=O)c1ccccc1. The zero-order valence-electron chi connectivity index (χ0n) is 20.3. The molecule has 0 radical (unpaired) electrons. The summed E-state index contributed by atoms with van der Waals surface area (Å²) in [6, 6.07) is 20.9. The summed E-state index contributed by atoms with van der Waals surface area (Å²) in [4.78, 5) is 17.4. The van der Waals surface area contributed by atoms with Crippen LogP contribution in [0.25, 0.3) is 10.9 Å². The van der Waals surface area contributed by atoms with E-state index in [4.69, 9.17) is 11.6 Å². The zero-order chi connectivity index (χ0) is 26.0. The highest BCUT2D eigenvalue weighted by Gasteiger charge is 2.36. The number of nitrogens with zero attached hydrogens (tertiary/aromatic N) is 2. The van der Waals surface area contributed by atoms with Crippen molar-refractivity contribution in [1.82, 2.24) is 10.3 Å². The number of carbonyl (C=O) groups is 1. The number of rotatable bonds is 8. The molecule has 0 aliphatic carbocycles. The molecule has 0 unspecified atom stereocenters. The number of pyridine rings is 1. The van der Waals surface area contributed by atoms with Crippen LogP contribution in [0.4, 0.5) is 11.4 Å². The molecule has 2 N–H and O–H groups in total. The first kappa shape index (κ1) is 25.0. The first-order chi connectivity index (χ1) is 17.8. The summed E-state index contributed by atoms with van der Waals surface area (Å²) >= 11 is 6.06. The molecule has 4 aromatic rings. The molecule has 7 nitrogen and oxygen atoms in total. The van der Waals surface area contributed by atoms with Crippen LogP contribution in [0.15, 0.2) is 83.9 Å². The lowest BCUT2D eigenvalue weighted by molar-refractivity contribution is 0.0953. The molecular formula is C28H27ClN4O3S. The minimum Gasteiger partial charge on any atom is -0.384 e. The van der Waals surface area contributed by atoms with Crippen LogP contribution in [0.5, 0.6) is 0 Å². The Morgan fingerprint density at radius 1 is 1.05 bits per heavy atom. The quantitative estimate of drug-likeness (QED) is 0.301. The van der Waals surface area contributed by atoms with Crippen molar-refractivity contribution in [2.24, 2.45) is 0 Å². The van der Waals surface area contributed by atoms with Gasteiger partial charge in [-0.05, 0) is 79.9 Å². The van der Waals surface area contributed by atoms with Crippen LogP contribution in [-0.2, 0) is 16.4 Å². The maximum atomic E-state index is 13.3. The van der Waals surface area contributed by atoms with Crippen LogP contribution in [0, 0.1) is 0 Å². The smallest absolute Gasteiger partial charge is 0.264 e. The lowest BCUT2D eigenvalue weighted by atomic mass is 10.1. The largest absolute Gasteiger partial charge is 0.384 e. The van der Waals surface area contributed by atoms with Gasteiger partial charge in [-0.3, -0.25) is 14.1 Å². The Labute approximate surface area is 221 Å². The van der Waals surface area contributed by atoms with E-state index in [1.54, 1.807) is 54.7 Å². The second-order valence-electron chi connectivity index (χ2n) is 9.07. The minimum absolute atomic E-state index is 0.177. The average Bonchev–Trinajstić information content (AvgIpc) is 3.24. The van der Waals surface area contributed by atoms with Gasteiger partial charge < -0.3 is 10.6 Å². The molecule has 3 aromatic carbocycles. The molecule has 0 saturated carbocycles.